The van der Waals surface area contributed by atoms with Crippen LogP contribution in [-0.2, 0) is 6.42 Å². The standard InChI is InChI=1S/C13H13FN2O2/c1-2-3-10-8-12(13(17)18)16(15-10)11-6-4-9(14)5-7-11/h4-8H,2-3H2,1H3,(H,17,18). The Kier molecular flexibility index (Phi) is 3.41. The average Bonchev–Trinajstić information content (AvgIpc) is 2.75. The lowest BCUT2D eigenvalue weighted by molar-refractivity contribution is 0.0687. The van der Waals surface area contributed by atoms with E-state index in [-0.39, 0.29) is 11.5 Å². The van der Waals surface area contributed by atoms with Gasteiger partial charge in [-0.3, -0.25) is 0 Å². The first-order valence-electron chi connectivity index (χ1n) is 5.70. The molecule has 0 radical (unpaired) electrons. The molecule has 5 heteroatoms. The Bertz CT molecular complexity index is 561. The zero-order valence-electron chi connectivity index (χ0n) is 9.93. The first-order valence-corrected chi connectivity index (χ1v) is 5.70. The molecule has 1 aromatic carbocycles. The molecule has 0 spiro atoms. The van der Waals surface area contributed by atoms with Crippen molar-refractivity contribution in [2.24, 2.45) is 0 Å². The largest absolute Gasteiger partial charge is 0.477 e. The van der Waals surface area contributed by atoms with Crippen LogP contribution in [-0.4, -0.2) is 20.9 Å². The Labute approximate surface area is 104 Å². The summed E-state index contributed by atoms with van der Waals surface area (Å²) in [6.45, 7) is 2.00. The molecule has 0 saturated heterocycles. The fourth-order valence-corrected chi connectivity index (χ4v) is 1.74. The van der Waals surface area contributed by atoms with Gasteiger partial charge in [0.25, 0.3) is 0 Å². The summed E-state index contributed by atoms with van der Waals surface area (Å²) < 4.78 is 14.2. The molecule has 0 atom stereocenters. The number of aryl methyl sites for hydroxylation is 1. The quantitative estimate of drug-likeness (QED) is 0.905. The third-order valence-corrected chi connectivity index (χ3v) is 2.56. The van der Waals surface area contributed by atoms with Crippen molar-refractivity contribution < 1.29 is 14.3 Å². The van der Waals surface area contributed by atoms with Gasteiger partial charge in [0.2, 0.25) is 0 Å². The number of aromatic nitrogens is 2. The van der Waals surface area contributed by atoms with Crippen molar-refractivity contribution >= 4 is 5.97 Å². The highest BCUT2D eigenvalue weighted by atomic mass is 19.1. The summed E-state index contributed by atoms with van der Waals surface area (Å²) in [6.07, 6.45) is 1.61. The fourth-order valence-electron chi connectivity index (χ4n) is 1.74. The molecule has 0 aliphatic carbocycles. The minimum absolute atomic E-state index is 0.0880. The van der Waals surface area contributed by atoms with Gasteiger partial charge in [-0.05, 0) is 36.8 Å². The molecule has 0 fully saturated rings. The number of hydrogen-bond acceptors (Lipinski definition) is 2. The van der Waals surface area contributed by atoms with Gasteiger partial charge in [-0.25, -0.2) is 13.9 Å². The van der Waals surface area contributed by atoms with Gasteiger partial charge in [-0.1, -0.05) is 13.3 Å². The van der Waals surface area contributed by atoms with Gasteiger partial charge in [0, 0.05) is 0 Å². The van der Waals surface area contributed by atoms with E-state index in [0.29, 0.717) is 12.1 Å². The molecule has 0 unspecified atom stereocenters. The number of aromatic carboxylic acids is 1. The van der Waals surface area contributed by atoms with Gasteiger partial charge in [-0.2, -0.15) is 5.10 Å². The summed E-state index contributed by atoms with van der Waals surface area (Å²) >= 11 is 0. The normalized spacial score (nSPS) is 10.6. The number of nitrogens with zero attached hydrogens (tertiary/aromatic N) is 2. The van der Waals surface area contributed by atoms with E-state index in [0.717, 1.165) is 12.1 Å². The van der Waals surface area contributed by atoms with Crippen molar-refractivity contribution in [3.05, 3.63) is 47.5 Å². The van der Waals surface area contributed by atoms with Crippen LogP contribution in [0.25, 0.3) is 5.69 Å². The Morgan fingerprint density at radius 3 is 2.61 bits per heavy atom. The molecule has 1 heterocycles. The minimum atomic E-state index is -1.05. The number of carboxylic acid groups (broad SMARTS) is 1. The molecule has 94 valence electrons. The van der Waals surface area contributed by atoms with Gasteiger partial charge in [-0.15, -0.1) is 0 Å². The molecule has 1 aromatic heterocycles. The molecule has 0 amide bonds. The Hall–Kier alpha value is -2.17. The van der Waals surface area contributed by atoms with Crippen molar-refractivity contribution in [3.63, 3.8) is 0 Å². The molecule has 0 aliphatic heterocycles. The van der Waals surface area contributed by atoms with Crippen LogP contribution in [0.2, 0.25) is 0 Å². The van der Waals surface area contributed by atoms with E-state index in [1.165, 1.54) is 28.9 Å². The lowest BCUT2D eigenvalue weighted by Crippen LogP contribution is -2.07. The molecule has 0 aliphatic rings. The van der Waals surface area contributed by atoms with E-state index in [2.05, 4.69) is 5.10 Å². The fraction of sp³-hybridized carbons (Fsp3) is 0.231. The number of benzene rings is 1. The molecule has 4 nitrogen and oxygen atoms in total. The monoisotopic (exact) mass is 248 g/mol. The van der Waals surface area contributed by atoms with E-state index in [4.69, 9.17) is 5.11 Å². The molecular formula is C13H13FN2O2. The second-order valence-electron chi connectivity index (χ2n) is 3.96. The van der Waals surface area contributed by atoms with Crippen LogP contribution in [0.3, 0.4) is 0 Å². The molecule has 2 rings (SSSR count). The number of rotatable bonds is 4. The van der Waals surface area contributed by atoms with Crippen LogP contribution in [0.1, 0.15) is 29.5 Å². The summed E-state index contributed by atoms with van der Waals surface area (Å²) in [5.41, 5.74) is 1.35. The van der Waals surface area contributed by atoms with Crippen molar-refractivity contribution in [1.82, 2.24) is 9.78 Å². The van der Waals surface area contributed by atoms with E-state index >= 15 is 0 Å². The van der Waals surface area contributed by atoms with E-state index in [9.17, 15) is 9.18 Å². The SMILES string of the molecule is CCCc1cc(C(=O)O)n(-c2ccc(F)cc2)n1. The predicted molar refractivity (Wildman–Crippen MR) is 64.5 cm³/mol. The highest BCUT2D eigenvalue weighted by Crippen LogP contribution is 2.14. The molecule has 0 bridgehead atoms. The Morgan fingerprint density at radius 1 is 1.39 bits per heavy atom. The van der Waals surface area contributed by atoms with Crippen LogP contribution in [0, 0.1) is 5.82 Å². The zero-order chi connectivity index (χ0) is 13.1. The molecule has 0 saturated carbocycles. The Morgan fingerprint density at radius 2 is 2.06 bits per heavy atom. The average molecular weight is 248 g/mol. The third kappa shape index (κ3) is 2.40. The molecule has 2 aromatic rings. The number of carbonyl (C=O) groups is 1. The van der Waals surface area contributed by atoms with Crippen LogP contribution >= 0.6 is 0 Å². The van der Waals surface area contributed by atoms with Gasteiger partial charge in [0.05, 0.1) is 11.4 Å². The topological polar surface area (TPSA) is 55.1 Å². The van der Waals surface area contributed by atoms with Crippen molar-refractivity contribution in [3.8, 4) is 5.69 Å². The maximum absolute atomic E-state index is 12.8. The smallest absolute Gasteiger partial charge is 0.354 e. The van der Waals surface area contributed by atoms with Crippen LogP contribution in [0.4, 0.5) is 4.39 Å². The number of hydrogen-bond donors (Lipinski definition) is 1. The summed E-state index contributed by atoms with van der Waals surface area (Å²) in [4.78, 5) is 11.1. The lowest BCUT2D eigenvalue weighted by atomic mass is 10.2. The van der Waals surface area contributed by atoms with Gasteiger partial charge >= 0.3 is 5.97 Å². The van der Waals surface area contributed by atoms with Crippen molar-refractivity contribution in [1.29, 1.82) is 0 Å². The number of halogens is 1. The predicted octanol–water partition coefficient (Wildman–Crippen LogP) is 2.66. The highest BCUT2D eigenvalue weighted by Gasteiger charge is 2.15. The van der Waals surface area contributed by atoms with Gasteiger partial charge < -0.3 is 5.11 Å². The summed E-state index contributed by atoms with van der Waals surface area (Å²) in [6, 6.07) is 7.12. The second-order valence-corrected chi connectivity index (χ2v) is 3.96. The maximum Gasteiger partial charge on any atom is 0.354 e. The first-order chi connectivity index (χ1) is 8.61. The third-order valence-electron chi connectivity index (χ3n) is 2.56. The summed E-state index contributed by atoms with van der Waals surface area (Å²) in [7, 11) is 0. The number of carboxylic acids is 1. The maximum atomic E-state index is 12.8. The highest BCUT2D eigenvalue weighted by molar-refractivity contribution is 5.86. The van der Waals surface area contributed by atoms with E-state index in [1.807, 2.05) is 6.92 Å². The van der Waals surface area contributed by atoms with Gasteiger partial charge in [0.1, 0.15) is 5.82 Å². The van der Waals surface area contributed by atoms with Crippen molar-refractivity contribution in [2.45, 2.75) is 19.8 Å². The van der Waals surface area contributed by atoms with Crippen LogP contribution < -0.4 is 0 Å². The van der Waals surface area contributed by atoms with E-state index < -0.39 is 5.97 Å². The second kappa shape index (κ2) is 5.00. The summed E-state index contributed by atoms with van der Waals surface area (Å²) in [5.74, 6) is -1.41. The molecule has 18 heavy (non-hydrogen) atoms. The lowest BCUT2D eigenvalue weighted by Gasteiger charge is -2.03. The first kappa shape index (κ1) is 12.3. The van der Waals surface area contributed by atoms with Crippen LogP contribution in [0.5, 0.6) is 0 Å². The van der Waals surface area contributed by atoms with Crippen molar-refractivity contribution in [2.75, 3.05) is 0 Å². The summed E-state index contributed by atoms with van der Waals surface area (Å²) in [5, 5.41) is 13.4. The zero-order valence-corrected chi connectivity index (χ0v) is 9.93. The minimum Gasteiger partial charge on any atom is -0.477 e. The van der Waals surface area contributed by atoms with E-state index in [1.54, 1.807) is 6.07 Å². The van der Waals surface area contributed by atoms with Crippen LogP contribution in [0.15, 0.2) is 30.3 Å². The molecule has 1 N–H and O–H groups in total. The Balaban J connectivity index is 2.47. The van der Waals surface area contributed by atoms with Gasteiger partial charge in [0.15, 0.2) is 5.69 Å². The molecular weight excluding hydrogens is 235 g/mol.